The van der Waals surface area contributed by atoms with Crippen LogP contribution in [0.2, 0.25) is 0 Å². The molecule has 0 N–H and O–H groups in total. The molecule has 9 heteroatoms. The van der Waals surface area contributed by atoms with E-state index in [-0.39, 0.29) is 30.6 Å². The summed E-state index contributed by atoms with van der Waals surface area (Å²) in [5.74, 6) is 0.0687. The molecule has 0 aliphatic carbocycles. The molecule has 4 rings (SSSR count). The molecule has 0 aromatic heterocycles. The van der Waals surface area contributed by atoms with E-state index in [0.717, 1.165) is 36.3 Å². The van der Waals surface area contributed by atoms with Gasteiger partial charge >= 0.3 is 12.1 Å². The largest absolute Gasteiger partial charge is 0.489 e. The molecule has 2 aliphatic heterocycles. The quantitative estimate of drug-likeness (QED) is 0.577. The number of carbonyl (C=O) groups is 2. The van der Waals surface area contributed by atoms with Crippen LogP contribution in [0.5, 0.6) is 5.75 Å². The highest BCUT2D eigenvalue weighted by Gasteiger charge is 2.28. The molecule has 36 heavy (non-hydrogen) atoms. The lowest BCUT2D eigenvalue weighted by molar-refractivity contribution is 0.105. The van der Waals surface area contributed by atoms with Gasteiger partial charge in [0.25, 0.3) is 0 Å². The highest BCUT2D eigenvalue weighted by atomic mass is 19.1. The summed E-state index contributed by atoms with van der Waals surface area (Å²) in [6, 6.07) is 12.6. The Balaban J connectivity index is 1.33. The van der Waals surface area contributed by atoms with Crippen LogP contribution in [0.4, 0.5) is 25.4 Å². The number of likely N-dealkylation sites (tertiary alicyclic amines) is 1. The number of anilines is 2. The number of amides is 3. The number of urea groups is 1. The molecule has 1 atom stereocenters. The lowest BCUT2D eigenvalue weighted by atomic mass is 10.2. The van der Waals surface area contributed by atoms with Gasteiger partial charge in [-0.15, -0.1) is 0 Å². The lowest BCUT2D eigenvalue weighted by Crippen LogP contribution is -2.49. The number of halogens is 1. The first-order chi connectivity index (χ1) is 17.4. The molecule has 2 heterocycles. The van der Waals surface area contributed by atoms with Crippen molar-refractivity contribution in [1.82, 2.24) is 9.80 Å². The first kappa shape index (κ1) is 25.6. The van der Waals surface area contributed by atoms with Gasteiger partial charge in [-0.1, -0.05) is 12.1 Å². The summed E-state index contributed by atoms with van der Waals surface area (Å²) in [4.78, 5) is 32.0. The molecule has 2 fully saturated rings. The van der Waals surface area contributed by atoms with Crippen LogP contribution < -0.4 is 14.5 Å². The smallest absolute Gasteiger partial charge is 0.409 e. The molecule has 0 radical (unpaired) electrons. The van der Waals surface area contributed by atoms with Crippen molar-refractivity contribution >= 4 is 23.5 Å². The summed E-state index contributed by atoms with van der Waals surface area (Å²) < 4.78 is 25.3. The number of rotatable bonds is 6. The van der Waals surface area contributed by atoms with Gasteiger partial charge in [-0.05, 0) is 50.5 Å². The molecule has 194 valence electrons. The van der Waals surface area contributed by atoms with Crippen molar-refractivity contribution in [3.63, 3.8) is 0 Å². The van der Waals surface area contributed by atoms with E-state index < -0.39 is 0 Å². The molecular weight excluding hydrogens is 463 g/mol. The zero-order chi connectivity index (χ0) is 25.7. The maximum atomic E-state index is 14.4. The zero-order valence-electron chi connectivity index (χ0n) is 21.3. The van der Waals surface area contributed by atoms with Gasteiger partial charge in [0, 0.05) is 69.3 Å². The zero-order valence-corrected chi connectivity index (χ0v) is 21.3. The standard InChI is InChI=1S/C27H35FN4O4/c1-4-35-27(34)31-14-12-30(13-15-31)24-16-22(28)17-25(18-24)36-19-21-7-9-23(10-8-21)29(3)26(33)32-11-5-6-20(32)2/h7-10,16-18,20H,4-6,11-15,19H2,1-3H3. The minimum absolute atomic E-state index is 0.0133. The summed E-state index contributed by atoms with van der Waals surface area (Å²) in [6.07, 6.45) is 1.77. The topological polar surface area (TPSA) is 65.6 Å². The molecule has 3 amide bonds. The van der Waals surface area contributed by atoms with Crippen LogP contribution in [0.25, 0.3) is 0 Å². The molecule has 0 spiro atoms. The molecule has 2 aromatic carbocycles. The van der Waals surface area contributed by atoms with Crippen LogP contribution in [-0.4, -0.2) is 74.3 Å². The Morgan fingerprint density at radius 1 is 1.06 bits per heavy atom. The molecule has 0 saturated carbocycles. The van der Waals surface area contributed by atoms with E-state index in [1.54, 1.807) is 23.8 Å². The fourth-order valence-electron chi connectivity index (χ4n) is 4.68. The van der Waals surface area contributed by atoms with Crippen LogP contribution in [0.1, 0.15) is 32.3 Å². The van der Waals surface area contributed by atoms with E-state index in [1.165, 1.54) is 12.1 Å². The van der Waals surface area contributed by atoms with E-state index in [0.29, 0.717) is 38.5 Å². The average Bonchev–Trinajstić information content (AvgIpc) is 3.32. The van der Waals surface area contributed by atoms with Crippen molar-refractivity contribution in [3.05, 3.63) is 53.8 Å². The number of piperazine rings is 1. The molecular formula is C27H35FN4O4. The van der Waals surface area contributed by atoms with Gasteiger partial charge in [0.1, 0.15) is 18.2 Å². The number of benzene rings is 2. The summed E-state index contributed by atoms with van der Waals surface area (Å²) >= 11 is 0. The second-order valence-electron chi connectivity index (χ2n) is 9.30. The summed E-state index contributed by atoms with van der Waals surface area (Å²) in [7, 11) is 1.79. The minimum atomic E-state index is -0.373. The van der Waals surface area contributed by atoms with Crippen molar-refractivity contribution in [1.29, 1.82) is 0 Å². The Morgan fingerprint density at radius 3 is 2.42 bits per heavy atom. The van der Waals surface area contributed by atoms with Crippen LogP contribution in [0.15, 0.2) is 42.5 Å². The van der Waals surface area contributed by atoms with Crippen molar-refractivity contribution < 1.29 is 23.5 Å². The number of hydrogen-bond acceptors (Lipinski definition) is 5. The van der Waals surface area contributed by atoms with Crippen LogP contribution in [0, 0.1) is 5.82 Å². The number of carbonyl (C=O) groups excluding carboxylic acids is 2. The van der Waals surface area contributed by atoms with Gasteiger partial charge in [0.2, 0.25) is 0 Å². The molecule has 2 aromatic rings. The van der Waals surface area contributed by atoms with Gasteiger partial charge in [-0.3, -0.25) is 4.90 Å². The van der Waals surface area contributed by atoms with Gasteiger partial charge in [0.15, 0.2) is 0 Å². The third-order valence-corrected chi connectivity index (χ3v) is 6.84. The van der Waals surface area contributed by atoms with Crippen molar-refractivity contribution in [3.8, 4) is 5.75 Å². The highest BCUT2D eigenvalue weighted by molar-refractivity contribution is 5.91. The van der Waals surface area contributed by atoms with E-state index in [9.17, 15) is 14.0 Å². The molecule has 8 nitrogen and oxygen atoms in total. The maximum absolute atomic E-state index is 14.4. The predicted molar refractivity (Wildman–Crippen MR) is 137 cm³/mol. The van der Waals surface area contributed by atoms with E-state index in [2.05, 4.69) is 6.92 Å². The van der Waals surface area contributed by atoms with Crippen LogP contribution in [-0.2, 0) is 11.3 Å². The average molecular weight is 499 g/mol. The Hall–Kier alpha value is -3.49. The molecule has 2 saturated heterocycles. The third-order valence-electron chi connectivity index (χ3n) is 6.84. The van der Waals surface area contributed by atoms with Crippen molar-refractivity contribution in [2.45, 2.75) is 39.3 Å². The summed E-state index contributed by atoms with van der Waals surface area (Å²) in [5.41, 5.74) is 2.46. The van der Waals surface area contributed by atoms with Gasteiger partial charge < -0.3 is 24.2 Å². The Labute approximate surface area is 212 Å². The second kappa shape index (κ2) is 11.5. The first-order valence-electron chi connectivity index (χ1n) is 12.6. The first-order valence-corrected chi connectivity index (χ1v) is 12.6. The van der Waals surface area contributed by atoms with Gasteiger partial charge in [-0.25, -0.2) is 14.0 Å². The van der Waals surface area contributed by atoms with Gasteiger partial charge in [-0.2, -0.15) is 0 Å². The predicted octanol–water partition coefficient (Wildman–Crippen LogP) is 4.72. The summed E-state index contributed by atoms with van der Waals surface area (Å²) in [6.45, 7) is 7.51. The number of nitrogens with zero attached hydrogens (tertiary/aromatic N) is 4. The van der Waals surface area contributed by atoms with Crippen molar-refractivity contribution in [2.24, 2.45) is 0 Å². The van der Waals surface area contributed by atoms with E-state index in [1.807, 2.05) is 40.1 Å². The van der Waals surface area contributed by atoms with E-state index in [4.69, 9.17) is 9.47 Å². The second-order valence-corrected chi connectivity index (χ2v) is 9.30. The van der Waals surface area contributed by atoms with E-state index >= 15 is 0 Å². The number of hydrogen-bond donors (Lipinski definition) is 0. The fraction of sp³-hybridized carbons (Fsp3) is 0.481. The maximum Gasteiger partial charge on any atom is 0.409 e. The molecule has 0 bridgehead atoms. The fourth-order valence-corrected chi connectivity index (χ4v) is 4.68. The van der Waals surface area contributed by atoms with Crippen molar-refractivity contribution in [2.75, 3.05) is 56.2 Å². The Kier molecular flexibility index (Phi) is 8.18. The SMILES string of the molecule is CCOC(=O)N1CCN(c2cc(F)cc(OCc3ccc(N(C)C(=O)N4CCCC4C)cc3)c2)CC1. The Morgan fingerprint density at radius 2 is 1.78 bits per heavy atom. The summed E-state index contributed by atoms with van der Waals surface area (Å²) in [5, 5.41) is 0. The van der Waals surface area contributed by atoms with Crippen LogP contribution in [0.3, 0.4) is 0 Å². The lowest BCUT2D eigenvalue weighted by Gasteiger charge is -2.35. The van der Waals surface area contributed by atoms with Crippen LogP contribution >= 0.6 is 0 Å². The normalized spacial score (nSPS) is 17.8. The minimum Gasteiger partial charge on any atom is -0.489 e. The number of ether oxygens (including phenoxy) is 2. The third kappa shape index (κ3) is 6.01. The molecule has 2 aliphatic rings. The highest BCUT2D eigenvalue weighted by Crippen LogP contribution is 2.26. The Bertz CT molecular complexity index is 1060. The molecule has 1 unspecified atom stereocenters. The monoisotopic (exact) mass is 498 g/mol. The van der Waals surface area contributed by atoms with Gasteiger partial charge in [0.05, 0.1) is 6.61 Å².